The van der Waals surface area contributed by atoms with E-state index >= 15 is 0 Å². The van der Waals surface area contributed by atoms with Crippen molar-refractivity contribution < 1.29 is 14.2 Å². The van der Waals surface area contributed by atoms with Crippen LogP contribution in [-0.2, 0) is 22.6 Å². The van der Waals surface area contributed by atoms with Gasteiger partial charge in [0.15, 0.2) is 0 Å². The van der Waals surface area contributed by atoms with Crippen molar-refractivity contribution in [2.45, 2.75) is 32.1 Å². The zero-order valence-corrected chi connectivity index (χ0v) is 18.3. The Morgan fingerprint density at radius 1 is 1.12 bits per heavy atom. The van der Waals surface area contributed by atoms with Gasteiger partial charge in [-0.05, 0) is 31.0 Å². The Morgan fingerprint density at radius 3 is 2.85 bits per heavy atom. The SMILES string of the molecule is COc1cccc2c(-c3cn(Cc4cccc(COCC5CCCO5)n4)nn3)nc(N)nc12. The lowest BCUT2D eigenvalue weighted by molar-refractivity contribution is 0.00961. The number of nitrogen functional groups attached to an aromatic ring is 1. The van der Waals surface area contributed by atoms with Crippen molar-refractivity contribution in [2.75, 3.05) is 26.1 Å². The third kappa shape index (κ3) is 4.76. The number of nitrogens with zero attached hydrogens (tertiary/aromatic N) is 6. The van der Waals surface area contributed by atoms with E-state index in [1.54, 1.807) is 11.8 Å². The highest BCUT2D eigenvalue weighted by Crippen LogP contribution is 2.30. The summed E-state index contributed by atoms with van der Waals surface area (Å²) in [6.45, 7) is 2.34. The van der Waals surface area contributed by atoms with Crippen LogP contribution in [0.15, 0.2) is 42.6 Å². The first-order chi connectivity index (χ1) is 16.2. The Bertz CT molecular complexity index is 1250. The van der Waals surface area contributed by atoms with Crippen molar-refractivity contribution in [3.63, 3.8) is 0 Å². The number of anilines is 1. The molecule has 0 aliphatic carbocycles. The molecule has 33 heavy (non-hydrogen) atoms. The fraction of sp³-hybridized carbons (Fsp3) is 0.348. The molecule has 3 aromatic heterocycles. The first kappa shape index (κ1) is 21.2. The molecule has 170 valence electrons. The number of hydrogen-bond donors (Lipinski definition) is 1. The van der Waals surface area contributed by atoms with Gasteiger partial charge in [-0.15, -0.1) is 5.10 Å². The Morgan fingerprint density at radius 2 is 2.00 bits per heavy atom. The number of hydrogen-bond acceptors (Lipinski definition) is 9. The molecular formula is C23H25N7O3. The highest BCUT2D eigenvalue weighted by atomic mass is 16.5. The molecular weight excluding hydrogens is 422 g/mol. The topological polar surface area (TPSA) is 123 Å². The molecule has 0 spiro atoms. The number of nitrogens with two attached hydrogens (primary N) is 1. The molecule has 1 atom stereocenters. The van der Waals surface area contributed by atoms with Crippen LogP contribution >= 0.6 is 0 Å². The molecule has 1 aliphatic rings. The maximum atomic E-state index is 5.95. The van der Waals surface area contributed by atoms with E-state index in [1.807, 2.05) is 42.6 Å². The summed E-state index contributed by atoms with van der Waals surface area (Å²) < 4.78 is 18.5. The van der Waals surface area contributed by atoms with Crippen LogP contribution < -0.4 is 10.5 Å². The minimum atomic E-state index is 0.147. The molecule has 4 heterocycles. The minimum absolute atomic E-state index is 0.147. The maximum absolute atomic E-state index is 5.95. The fourth-order valence-electron chi connectivity index (χ4n) is 3.92. The van der Waals surface area contributed by atoms with Gasteiger partial charge in [0.2, 0.25) is 5.95 Å². The van der Waals surface area contributed by atoms with Gasteiger partial charge in [0.25, 0.3) is 0 Å². The van der Waals surface area contributed by atoms with Crippen LogP contribution in [0.4, 0.5) is 5.95 Å². The molecule has 0 amide bonds. The van der Waals surface area contributed by atoms with Crippen molar-refractivity contribution in [3.05, 3.63) is 54.0 Å². The van der Waals surface area contributed by atoms with Gasteiger partial charge in [0, 0.05) is 12.0 Å². The van der Waals surface area contributed by atoms with Crippen molar-refractivity contribution in [2.24, 2.45) is 0 Å². The van der Waals surface area contributed by atoms with Crippen LogP contribution in [0.25, 0.3) is 22.3 Å². The average Bonchev–Trinajstić information content (AvgIpc) is 3.51. The second-order valence-electron chi connectivity index (χ2n) is 7.86. The Hall–Kier alpha value is -3.63. The van der Waals surface area contributed by atoms with Crippen LogP contribution in [-0.4, -0.2) is 56.4 Å². The van der Waals surface area contributed by atoms with Gasteiger partial charge in [0.05, 0.1) is 50.6 Å². The number of benzene rings is 1. The molecule has 1 aromatic carbocycles. The molecule has 5 rings (SSSR count). The number of aromatic nitrogens is 6. The molecule has 10 heteroatoms. The quantitative estimate of drug-likeness (QED) is 0.434. The van der Waals surface area contributed by atoms with E-state index in [0.29, 0.717) is 42.4 Å². The van der Waals surface area contributed by atoms with E-state index in [9.17, 15) is 0 Å². The number of methoxy groups -OCH3 is 1. The number of ether oxygens (including phenoxy) is 3. The summed E-state index contributed by atoms with van der Waals surface area (Å²) in [5.74, 6) is 0.770. The third-order valence-electron chi connectivity index (χ3n) is 5.47. The zero-order chi connectivity index (χ0) is 22.6. The van der Waals surface area contributed by atoms with Gasteiger partial charge in [-0.25, -0.2) is 14.6 Å². The molecule has 4 aromatic rings. The lowest BCUT2D eigenvalue weighted by Crippen LogP contribution is -2.14. The van der Waals surface area contributed by atoms with Gasteiger partial charge >= 0.3 is 0 Å². The Balaban J connectivity index is 1.32. The van der Waals surface area contributed by atoms with E-state index in [-0.39, 0.29) is 12.1 Å². The summed E-state index contributed by atoms with van der Waals surface area (Å²) in [7, 11) is 1.59. The molecule has 1 aliphatic heterocycles. The average molecular weight is 447 g/mol. The number of fused-ring (bicyclic) bond motifs is 1. The van der Waals surface area contributed by atoms with E-state index in [2.05, 4.69) is 25.3 Å². The number of para-hydroxylation sites is 1. The summed E-state index contributed by atoms with van der Waals surface area (Å²) in [5, 5.41) is 9.35. The van der Waals surface area contributed by atoms with Crippen LogP contribution in [0, 0.1) is 0 Å². The van der Waals surface area contributed by atoms with Crippen LogP contribution in [0.5, 0.6) is 5.75 Å². The summed E-state index contributed by atoms with van der Waals surface area (Å²) in [5.41, 5.74) is 9.51. The molecule has 1 saturated heterocycles. The molecule has 0 bridgehead atoms. The summed E-state index contributed by atoms with van der Waals surface area (Å²) >= 11 is 0. The second-order valence-corrected chi connectivity index (χ2v) is 7.86. The second kappa shape index (κ2) is 9.47. The van der Waals surface area contributed by atoms with Crippen LogP contribution in [0.3, 0.4) is 0 Å². The Kier molecular flexibility index (Phi) is 6.09. The third-order valence-corrected chi connectivity index (χ3v) is 5.47. The lowest BCUT2D eigenvalue weighted by atomic mass is 10.1. The number of pyridine rings is 1. The zero-order valence-electron chi connectivity index (χ0n) is 18.3. The highest BCUT2D eigenvalue weighted by Gasteiger charge is 2.16. The Labute approximate surface area is 190 Å². The molecule has 2 N–H and O–H groups in total. The molecule has 10 nitrogen and oxygen atoms in total. The van der Waals surface area contributed by atoms with Crippen LogP contribution in [0.2, 0.25) is 0 Å². The highest BCUT2D eigenvalue weighted by molar-refractivity contribution is 5.95. The summed E-state index contributed by atoms with van der Waals surface area (Å²) in [4.78, 5) is 13.4. The monoisotopic (exact) mass is 447 g/mol. The van der Waals surface area contributed by atoms with Gasteiger partial charge in [-0.1, -0.05) is 23.4 Å². The van der Waals surface area contributed by atoms with Crippen molar-refractivity contribution in [1.82, 2.24) is 29.9 Å². The molecule has 0 radical (unpaired) electrons. The lowest BCUT2D eigenvalue weighted by Gasteiger charge is -2.10. The molecule has 0 saturated carbocycles. The minimum Gasteiger partial charge on any atom is -0.494 e. The van der Waals surface area contributed by atoms with Crippen molar-refractivity contribution >= 4 is 16.9 Å². The predicted octanol–water partition coefficient (Wildman–Crippen LogP) is 2.62. The van der Waals surface area contributed by atoms with Crippen molar-refractivity contribution in [1.29, 1.82) is 0 Å². The molecule has 1 fully saturated rings. The normalized spacial score (nSPS) is 15.8. The van der Waals surface area contributed by atoms with Gasteiger partial charge in [-0.2, -0.15) is 0 Å². The van der Waals surface area contributed by atoms with Crippen LogP contribution in [0.1, 0.15) is 24.2 Å². The maximum Gasteiger partial charge on any atom is 0.221 e. The fourth-order valence-corrected chi connectivity index (χ4v) is 3.92. The van der Waals surface area contributed by atoms with Gasteiger partial charge < -0.3 is 19.9 Å². The summed E-state index contributed by atoms with van der Waals surface area (Å²) in [6.07, 6.45) is 4.19. The first-order valence-corrected chi connectivity index (χ1v) is 10.8. The van der Waals surface area contributed by atoms with Crippen molar-refractivity contribution in [3.8, 4) is 17.1 Å². The predicted molar refractivity (Wildman–Crippen MR) is 121 cm³/mol. The van der Waals surface area contributed by atoms with Gasteiger partial charge in [-0.3, -0.25) is 4.98 Å². The van der Waals surface area contributed by atoms with E-state index in [4.69, 9.17) is 19.9 Å². The largest absolute Gasteiger partial charge is 0.494 e. The summed E-state index contributed by atoms with van der Waals surface area (Å²) in [6, 6.07) is 11.5. The van der Waals surface area contributed by atoms with E-state index in [0.717, 1.165) is 36.2 Å². The van der Waals surface area contributed by atoms with Gasteiger partial charge in [0.1, 0.15) is 22.7 Å². The first-order valence-electron chi connectivity index (χ1n) is 10.8. The smallest absolute Gasteiger partial charge is 0.221 e. The van der Waals surface area contributed by atoms with E-state index < -0.39 is 0 Å². The standard InChI is InChI=1S/C23H25N7O3/c1-31-20-9-3-8-18-21(26-23(24)27-22(18)20)19-12-30(29-28-19)11-15-5-2-6-16(25-15)13-32-14-17-7-4-10-33-17/h2-3,5-6,8-9,12,17H,4,7,10-11,13-14H2,1H3,(H2,24,26,27). The number of rotatable bonds is 8. The van der Waals surface area contributed by atoms with E-state index in [1.165, 1.54) is 0 Å². The molecule has 1 unspecified atom stereocenters.